The van der Waals surface area contributed by atoms with Gasteiger partial charge in [0.2, 0.25) is 0 Å². The first-order valence-corrected chi connectivity index (χ1v) is 9.25. The van der Waals surface area contributed by atoms with Gasteiger partial charge in [-0.3, -0.25) is 14.6 Å². The number of nitrogens with zero attached hydrogens (tertiary/aromatic N) is 3. The molecule has 0 aromatic carbocycles. The highest BCUT2D eigenvalue weighted by Gasteiger charge is 2.28. The van der Waals surface area contributed by atoms with E-state index in [1.807, 2.05) is 6.92 Å². The monoisotopic (exact) mass is 389 g/mol. The molecular weight excluding hydrogens is 370 g/mol. The van der Waals surface area contributed by atoms with E-state index in [1.54, 1.807) is 48.9 Å². The quantitative estimate of drug-likeness (QED) is 0.667. The number of carbonyl (C=O) groups is 2. The summed E-state index contributed by atoms with van der Waals surface area (Å²) in [5.41, 5.74) is 5.25. The van der Waals surface area contributed by atoms with Crippen molar-refractivity contribution >= 4 is 23.3 Å². The summed E-state index contributed by atoms with van der Waals surface area (Å²) < 4.78 is 5.85. The second-order valence-electron chi connectivity index (χ2n) is 6.61. The summed E-state index contributed by atoms with van der Waals surface area (Å²) in [4.78, 5) is 32.9. The summed E-state index contributed by atoms with van der Waals surface area (Å²) in [6.07, 6.45) is 6.92. The normalized spacial score (nSPS) is 14.3. The first kappa shape index (κ1) is 18.5. The van der Waals surface area contributed by atoms with Gasteiger partial charge in [-0.2, -0.15) is 5.10 Å². The zero-order valence-electron chi connectivity index (χ0n) is 15.8. The molecule has 3 heterocycles. The molecule has 8 heteroatoms. The van der Waals surface area contributed by atoms with Crippen LogP contribution in [-0.4, -0.2) is 27.5 Å². The highest BCUT2D eigenvalue weighted by molar-refractivity contribution is 6.09. The topological polar surface area (TPSA) is 109 Å². The van der Waals surface area contributed by atoms with Crippen LogP contribution < -0.4 is 10.7 Å². The number of hydrogen-bond acceptors (Lipinski definition) is 6. The molecule has 8 nitrogen and oxygen atoms in total. The van der Waals surface area contributed by atoms with Gasteiger partial charge in [-0.15, -0.1) is 0 Å². The van der Waals surface area contributed by atoms with Crippen LogP contribution in [0.1, 0.15) is 50.6 Å². The standard InChI is InChI=1S/C21H19N5O3/c1-13-18-15(25-26-20(27)14-8-11-22-12-9-14)5-4-6-16(18)29-19(13)21(28)24-17-7-2-3-10-23-17/h2-3,7-12H,4-6H2,1H3,(H,26,27)(H,23,24,28)/b25-15+. The molecule has 2 N–H and O–H groups in total. The average molecular weight is 389 g/mol. The molecule has 0 saturated heterocycles. The summed E-state index contributed by atoms with van der Waals surface area (Å²) in [6, 6.07) is 8.50. The van der Waals surface area contributed by atoms with Gasteiger partial charge in [0.25, 0.3) is 11.8 Å². The van der Waals surface area contributed by atoms with E-state index in [9.17, 15) is 9.59 Å². The minimum absolute atomic E-state index is 0.232. The van der Waals surface area contributed by atoms with Crippen molar-refractivity contribution in [3.8, 4) is 0 Å². The SMILES string of the molecule is Cc1c(C(=O)Nc2ccccn2)oc2c1/C(=N/NC(=O)c1ccncc1)CCC2. The van der Waals surface area contributed by atoms with Gasteiger partial charge in [-0.25, -0.2) is 10.4 Å². The molecule has 0 saturated carbocycles. The molecule has 0 atom stereocenters. The maximum absolute atomic E-state index is 12.7. The van der Waals surface area contributed by atoms with Crippen LogP contribution in [0.2, 0.25) is 0 Å². The third-order valence-corrected chi connectivity index (χ3v) is 4.67. The molecule has 0 aliphatic heterocycles. The maximum Gasteiger partial charge on any atom is 0.292 e. The van der Waals surface area contributed by atoms with Gasteiger partial charge in [-0.05, 0) is 44.0 Å². The van der Waals surface area contributed by atoms with E-state index in [1.165, 1.54) is 0 Å². The van der Waals surface area contributed by atoms with Gasteiger partial charge in [0, 0.05) is 41.7 Å². The number of nitrogens with one attached hydrogen (secondary N) is 2. The Morgan fingerprint density at radius 1 is 1.07 bits per heavy atom. The van der Waals surface area contributed by atoms with E-state index < -0.39 is 0 Å². The number of amides is 2. The fourth-order valence-electron chi connectivity index (χ4n) is 3.29. The molecule has 4 rings (SSSR count). The molecule has 29 heavy (non-hydrogen) atoms. The van der Waals surface area contributed by atoms with Gasteiger partial charge in [0.05, 0.1) is 5.71 Å². The first-order valence-electron chi connectivity index (χ1n) is 9.25. The number of furan rings is 1. The largest absolute Gasteiger partial charge is 0.455 e. The highest BCUT2D eigenvalue weighted by Crippen LogP contribution is 2.30. The van der Waals surface area contributed by atoms with Crippen LogP contribution >= 0.6 is 0 Å². The second kappa shape index (κ2) is 8.05. The molecular formula is C21H19N5O3. The predicted molar refractivity (Wildman–Crippen MR) is 107 cm³/mol. The Bertz CT molecular complexity index is 1070. The van der Waals surface area contributed by atoms with Crippen molar-refractivity contribution in [1.29, 1.82) is 0 Å². The van der Waals surface area contributed by atoms with Crippen molar-refractivity contribution in [3.05, 3.63) is 77.1 Å². The van der Waals surface area contributed by atoms with Crippen molar-refractivity contribution in [2.75, 3.05) is 5.32 Å². The van der Waals surface area contributed by atoms with Crippen molar-refractivity contribution in [1.82, 2.24) is 15.4 Å². The molecule has 0 fully saturated rings. The lowest BCUT2D eigenvalue weighted by Gasteiger charge is -2.13. The number of aromatic nitrogens is 2. The van der Waals surface area contributed by atoms with Crippen LogP contribution in [0.25, 0.3) is 0 Å². The predicted octanol–water partition coefficient (Wildman–Crippen LogP) is 3.10. The summed E-state index contributed by atoms with van der Waals surface area (Å²) in [6.45, 7) is 1.82. The molecule has 0 spiro atoms. The number of rotatable bonds is 4. The van der Waals surface area contributed by atoms with E-state index >= 15 is 0 Å². The molecule has 0 radical (unpaired) electrons. The fourth-order valence-corrected chi connectivity index (χ4v) is 3.29. The third-order valence-electron chi connectivity index (χ3n) is 4.67. The lowest BCUT2D eigenvalue weighted by atomic mass is 9.93. The zero-order chi connectivity index (χ0) is 20.2. The molecule has 3 aromatic heterocycles. The minimum Gasteiger partial charge on any atom is -0.455 e. The number of fused-ring (bicyclic) bond motifs is 1. The lowest BCUT2D eigenvalue weighted by molar-refractivity contribution is 0.0953. The molecule has 146 valence electrons. The van der Waals surface area contributed by atoms with Gasteiger partial charge >= 0.3 is 0 Å². The van der Waals surface area contributed by atoms with Crippen molar-refractivity contribution in [2.45, 2.75) is 26.2 Å². The number of hydrogen-bond donors (Lipinski definition) is 2. The molecule has 0 unspecified atom stereocenters. The Morgan fingerprint density at radius 2 is 1.90 bits per heavy atom. The number of hydrazone groups is 1. The van der Waals surface area contributed by atoms with Crippen LogP contribution in [0.4, 0.5) is 5.82 Å². The van der Waals surface area contributed by atoms with Crippen LogP contribution in [0, 0.1) is 6.92 Å². The Kier molecular flexibility index (Phi) is 5.15. The van der Waals surface area contributed by atoms with Gasteiger partial charge in [0.15, 0.2) is 5.76 Å². The van der Waals surface area contributed by atoms with Gasteiger partial charge in [-0.1, -0.05) is 6.07 Å². The Labute approximate surface area is 167 Å². The average Bonchev–Trinajstić information content (AvgIpc) is 3.10. The summed E-state index contributed by atoms with van der Waals surface area (Å²) in [7, 11) is 0. The number of carbonyl (C=O) groups excluding carboxylic acids is 2. The maximum atomic E-state index is 12.7. The third kappa shape index (κ3) is 3.91. The van der Waals surface area contributed by atoms with E-state index in [0.717, 1.165) is 12.0 Å². The van der Waals surface area contributed by atoms with E-state index in [4.69, 9.17) is 4.42 Å². The number of aryl methyl sites for hydroxylation is 1. The minimum atomic E-state index is -0.365. The summed E-state index contributed by atoms with van der Waals surface area (Å²) >= 11 is 0. The Morgan fingerprint density at radius 3 is 2.66 bits per heavy atom. The summed E-state index contributed by atoms with van der Waals surface area (Å²) in [5.74, 6) is 0.703. The number of pyridine rings is 2. The second-order valence-corrected chi connectivity index (χ2v) is 6.61. The van der Waals surface area contributed by atoms with Crippen LogP contribution in [0.15, 0.2) is 58.4 Å². The molecule has 3 aromatic rings. The molecule has 0 bridgehead atoms. The lowest BCUT2D eigenvalue weighted by Crippen LogP contribution is -2.22. The van der Waals surface area contributed by atoms with Gasteiger partial charge in [0.1, 0.15) is 11.6 Å². The van der Waals surface area contributed by atoms with Crippen LogP contribution in [0.3, 0.4) is 0 Å². The van der Waals surface area contributed by atoms with Crippen molar-refractivity contribution < 1.29 is 14.0 Å². The molecule has 1 aliphatic carbocycles. The highest BCUT2D eigenvalue weighted by atomic mass is 16.4. The first-order chi connectivity index (χ1) is 14.1. The fraction of sp³-hybridized carbons (Fsp3) is 0.190. The van der Waals surface area contributed by atoms with E-state index in [-0.39, 0.29) is 17.6 Å². The van der Waals surface area contributed by atoms with Crippen LogP contribution in [-0.2, 0) is 6.42 Å². The zero-order valence-corrected chi connectivity index (χ0v) is 15.8. The van der Waals surface area contributed by atoms with Gasteiger partial charge < -0.3 is 9.73 Å². The van der Waals surface area contributed by atoms with Crippen LogP contribution in [0.5, 0.6) is 0 Å². The van der Waals surface area contributed by atoms with E-state index in [2.05, 4.69) is 25.8 Å². The smallest absolute Gasteiger partial charge is 0.292 e. The number of anilines is 1. The molecule has 2 amide bonds. The van der Waals surface area contributed by atoms with Crippen molar-refractivity contribution in [2.24, 2.45) is 5.10 Å². The summed E-state index contributed by atoms with van der Waals surface area (Å²) in [5, 5.41) is 7.05. The van der Waals surface area contributed by atoms with Crippen molar-refractivity contribution in [3.63, 3.8) is 0 Å². The molecule has 1 aliphatic rings. The van der Waals surface area contributed by atoms with E-state index in [0.29, 0.717) is 41.3 Å². The Hall–Kier alpha value is -3.81. The Balaban J connectivity index is 1.57.